The molecule has 1 atom stereocenters. The molecule has 1 aliphatic rings. The summed E-state index contributed by atoms with van der Waals surface area (Å²) < 4.78 is 0. The van der Waals surface area contributed by atoms with Crippen LogP contribution in [0.1, 0.15) is 58.5 Å². The number of carbonyl (C=O) groups is 2. The van der Waals surface area contributed by atoms with E-state index < -0.39 is 0 Å². The number of hydrogen-bond acceptors (Lipinski definition) is 3. The highest BCUT2D eigenvalue weighted by Gasteiger charge is 2.33. The third-order valence-electron chi connectivity index (χ3n) is 3.43. The van der Waals surface area contributed by atoms with Crippen molar-refractivity contribution in [3.05, 3.63) is 28.3 Å². The Kier molecular flexibility index (Phi) is 2.77. The topological polar surface area (TPSA) is 54.4 Å². The van der Waals surface area contributed by atoms with Crippen LogP contribution in [0.4, 0.5) is 0 Å². The van der Waals surface area contributed by atoms with Gasteiger partial charge in [0.15, 0.2) is 12.1 Å². The SMILES string of the molecule is CC(C)c1cc(O)c(C=O)c2c1C[C@@H](C)C2=O. The van der Waals surface area contributed by atoms with Crippen LogP contribution in [-0.2, 0) is 6.42 Å². The first-order chi connectivity index (χ1) is 7.97. The predicted octanol–water partition coefficient (Wildman–Crippen LogP) is 2.70. The molecule has 2 rings (SSSR count). The van der Waals surface area contributed by atoms with E-state index in [4.69, 9.17) is 0 Å². The molecule has 0 bridgehead atoms. The molecule has 0 aliphatic heterocycles. The van der Waals surface area contributed by atoms with E-state index in [2.05, 4.69) is 0 Å². The molecule has 1 aromatic rings. The van der Waals surface area contributed by atoms with E-state index in [1.54, 1.807) is 6.07 Å². The van der Waals surface area contributed by atoms with Crippen LogP contribution in [0.25, 0.3) is 0 Å². The monoisotopic (exact) mass is 232 g/mol. The average Bonchev–Trinajstić information content (AvgIpc) is 2.55. The van der Waals surface area contributed by atoms with E-state index in [1.165, 1.54) is 0 Å². The summed E-state index contributed by atoms with van der Waals surface area (Å²) in [5.41, 5.74) is 2.51. The first-order valence-electron chi connectivity index (χ1n) is 5.85. The summed E-state index contributed by atoms with van der Waals surface area (Å²) in [6.07, 6.45) is 1.25. The van der Waals surface area contributed by atoms with Gasteiger partial charge in [-0.25, -0.2) is 0 Å². The van der Waals surface area contributed by atoms with Crippen molar-refractivity contribution in [1.29, 1.82) is 0 Å². The molecule has 1 N–H and O–H groups in total. The Morgan fingerprint density at radius 3 is 2.65 bits per heavy atom. The average molecular weight is 232 g/mol. The van der Waals surface area contributed by atoms with Crippen LogP contribution in [0.3, 0.4) is 0 Å². The van der Waals surface area contributed by atoms with Crippen LogP contribution >= 0.6 is 0 Å². The van der Waals surface area contributed by atoms with Crippen molar-refractivity contribution in [2.24, 2.45) is 5.92 Å². The Labute approximate surface area is 100 Å². The van der Waals surface area contributed by atoms with Gasteiger partial charge in [0.2, 0.25) is 0 Å². The van der Waals surface area contributed by atoms with E-state index in [1.807, 2.05) is 20.8 Å². The third kappa shape index (κ3) is 1.66. The molecule has 0 aromatic heterocycles. The van der Waals surface area contributed by atoms with Crippen LogP contribution in [0, 0.1) is 5.92 Å². The van der Waals surface area contributed by atoms with Crippen LogP contribution in [0.5, 0.6) is 5.75 Å². The van der Waals surface area contributed by atoms with E-state index >= 15 is 0 Å². The molecule has 3 nitrogen and oxygen atoms in total. The molecule has 1 aliphatic carbocycles. The van der Waals surface area contributed by atoms with Gasteiger partial charge in [-0.1, -0.05) is 20.8 Å². The van der Waals surface area contributed by atoms with Gasteiger partial charge in [0.05, 0.1) is 5.56 Å². The summed E-state index contributed by atoms with van der Waals surface area (Å²) in [5.74, 6) is 0.0289. The maximum atomic E-state index is 12.0. The fourth-order valence-electron chi connectivity index (χ4n) is 2.53. The number of carbonyl (C=O) groups excluding carboxylic acids is 2. The van der Waals surface area contributed by atoms with E-state index in [9.17, 15) is 14.7 Å². The first-order valence-corrected chi connectivity index (χ1v) is 5.85. The molecular weight excluding hydrogens is 216 g/mol. The Bertz CT molecular complexity index is 501. The van der Waals surface area contributed by atoms with Crippen molar-refractivity contribution >= 4 is 12.1 Å². The van der Waals surface area contributed by atoms with E-state index in [0.717, 1.165) is 11.1 Å². The van der Waals surface area contributed by atoms with Crippen molar-refractivity contribution in [3.63, 3.8) is 0 Å². The molecule has 0 radical (unpaired) electrons. The number of ketones is 1. The van der Waals surface area contributed by atoms with Gasteiger partial charge in [-0.2, -0.15) is 0 Å². The van der Waals surface area contributed by atoms with Gasteiger partial charge in [-0.15, -0.1) is 0 Å². The van der Waals surface area contributed by atoms with Gasteiger partial charge in [-0.05, 0) is 29.5 Å². The smallest absolute Gasteiger partial charge is 0.167 e. The normalized spacial score (nSPS) is 18.6. The quantitative estimate of drug-likeness (QED) is 0.797. The maximum absolute atomic E-state index is 12.0. The molecule has 17 heavy (non-hydrogen) atoms. The highest BCUT2D eigenvalue weighted by Crippen LogP contribution is 2.38. The first kappa shape index (κ1) is 11.8. The number of fused-ring (bicyclic) bond motifs is 1. The number of aldehydes is 1. The highest BCUT2D eigenvalue weighted by molar-refractivity contribution is 6.09. The summed E-state index contributed by atoms with van der Waals surface area (Å²) in [4.78, 5) is 23.0. The standard InChI is InChI=1S/C14H16O3/c1-7(2)9-5-12(16)11(6-15)13-10(9)4-8(3)14(13)17/h5-8,16H,4H2,1-3H3/t8-/m1/s1. The zero-order valence-corrected chi connectivity index (χ0v) is 10.3. The molecule has 0 saturated carbocycles. The van der Waals surface area contributed by atoms with E-state index in [0.29, 0.717) is 18.3 Å². The zero-order valence-electron chi connectivity index (χ0n) is 10.3. The molecule has 90 valence electrons. The number of Topliss-reactive ketones (excluding diaryl/α,β-unsaturated/α-hetero) is 1. The lowest BCUT2D eigenvalue weighted by atomic mass is 9.91. The molecule has 0 fully saturated rings. The highest BCUT2D eigenvalue weighted by atomic mass is 16.3. The lowest BCUT2D eigenvalue weighted by molar-refractivity contribution is 0.0941. The molecule has 0 saturated heterocycles. The molecule has 1 aromatic carbocycles. The van der Waals surface area contributed by atoms with Gasteiger partial charge in [-0.3, -0.25) is 9.59 Å². The van der Waals surface area contributed by atoms with Gasteiger partial charge < -0.3 is 5.11 Å². The summed E-state index contributed by atoms with van der Waals surface area (Å²) in [5, 5.41) is 9.82. The maximum Gasteiger partial charge on any atom is 0.167 e. The fourth-order valence-corrected chi connectivity index (χ4v) is 2.53. The van der Waals surface area contributed by atoms with Gasteiger partial charge >= 0.3 is 0 Å². The van der Waals surface area contributed by atoms with Crippen LogP contribution in [-0.4, -0.2) is 17.2 Å². The van der Waals surface area contributed by atoms with Gasteiger partial charge in [0.25, 0.3) is 0 Å². The van der Waals surface area contributed by atoms with Crippen LogP contribution in [0.15, 0.2) is 6.07 Å². The predicted molar refractivity (Wildman–Crippen MR) is 64.8 cm³/mol. The van der Waals surface area contributed by atoms with Crippen molar-refractivity contribution in [3.8, 4) is 5.75 Å². The number of rotatable bonds is 2. The molecule has 0 unspecified atom stereocenters. The van der Waals surface area contributed by atoms with Gasteiger partial charge in [0.1, 0.15) is 5.75 Å². The van der Waals surface area contributed by atoms with Gasteiger partial charge in [0, 0.05) is 11.5 Å². The lowest BCUT2D eigenvalue weighted by Gasteiger charge is -2.14. The Balaban J connectivity index is 2.77. The summed E-state index contributed by atoms with van der Waals surface area (Å²) in [6, 6.07) is 1.62. The van der Waals surface area contributed by atoms with Crippen molar-refractivity contribution in [1.82, 2.24) is 0 Å². The zero-order chi connectivity index (χ0) is 12.7. The summed E-state index contributed by atoms with van der Waals surface area (Å²) in [6.45, 7) is 5.89. The second-order valence-corrected chi connectivity index (χ2v) is 4.99. The van der Waals surface area contributed by atoms with Crippen molar-refractivity contribution < 1.29 is 14.7 Å². The minimum Gasteiger partial charge on any atom is -0.507 e. The Morgan fingerprint density at radius 2 is 2.12 bits per heavy atom. The number of hydrogen-bond donors (Lipinski definition) is 1. The minimum absolute atomic E-state index is 0.0279. The number of phenols is 1. The molecule has 0 spiro atoms. The van der Waals surface area contributed by atoms with Crippen LogP contribution in [0.2, 0.25) is 0 Å². The largest absolute Gasteiger partial charge is 0.507 e. The molecule has 3 heteroatoms. The van der Waals surface area contributed by atoms with E-state index in [-0.39, 0.29) is 28.9 Å². The van der Waals surface area contributed by atoms with Crippen LogP contribution < -0.4 is 0 Å². The number of phenolic OH excluding ortho intramolecular Hbond substituents is 1. The number of aromatic hydroxyl groups is 1. The van der Waals surface area contributed by atoms with Crippen molar-refractivity contribution in [2.75, 3.05) is 0 Å². The second kappa shape index (κ2) is 3.99. The minimum atomic E-state index is -0.0944. The molecule has 0 amide bonds. The molecular formula is C14H16O3. The Morgan fingerprint density at radius 1 is 1.47 bits per heavy atom. The fraction of sp³-hybridized carbons (Fsp3) is 0.429. The lowest BCUT2D eigenvalue weighted by Crippen LogP contribution is -2.06. The number of benzene rings is 1. The second-order valence-electron chi connectivity index (χ2n) is 4.99. The summed E-state index contributed by atoms with van der Waals surface area (Å²) in [7, 11) is 0. The summed E-state index contributed by atoms with van der Waals surface area (Å²) >= 11 is 0. The molecule has 0 heterocycles. The third-order valence-corrected chi connectivity index (χ3v) is 3.43. The Hall–Kier alpha value is -1.64. The van der Waals surface area contributed by atoms with Crippen molar-refractivity contribution in [2.45, 2.75) is 33.1 Å².